The van der Waals surface area contributed by atoms with Crippen LogP contribution in [-0.2, 0) is 17.9 Å². The van der Waals surface area contributed by atoms with E-state index in [0.29, 0.717) is 28.1 Å². The van der Waals surface area contributed by atoms with Crippen LogP contribution < -0.4 is 26.2 Å². The molecule has 0 aliphatic carbocycles. The van der Waals surface area contributed by atoms with E-state index in [1.54, 1.807) is 73.8 Å². The number of rotatable bonds is 10. The standard InChI is InChI=1S/C26H24ClN5O5/c1-3-20(33)16-32-25(34)30-24(31(26(32)35)15-17-4-6-18(27)7-5-17)29-19-8-10-21(11-9-19)37-22-12-13-23(36-2)28-14-22/h4-14H,3,15-16H2,1-2H3,(H,29,30,34). The number of nitrogens with zero attached hydrogens (tertiary/aromatic N) is 4. The normalized spacial score (nSPS) is 10.7. The zero-order valence-corrected chi connectivity index (χ0v) is 20.9. The molecule has 1 N–H and O–H groups in total. The molecule has 0 bridgehead atoms. The summed E-state index contributed by atoms with van der Waals surface area (Å²) in [4.78, 5) is 46.1. The van der Waals surface area contributed by atoms with Crippen molar-refractivity contribution in [1.29, 1.82) is 0 Å². The third-order valence-corrected chi connectivity index (χ3v) is 5.65. The molecule has 2 aromatic heterocycles. The van der Waals surface area contributed by atoms with Crippen molar-refractivity contribution < 1.29 is 14.3 Å². The lowest BCUT2D eigenvalue weighted by Gasteiger charge is -2.16. The number of halogens is 1. The lowest BCUT2D eigenvalue weighted by Crippen LogP contribution is -2.44. The number of anilines is 2. The molecule has 4 rings (SSSR count). The van der Waals surface area contributed by atoms with Gasteiger partial charge in [0.2, 0.25) is 11.8 Å². The Hall–Kier alpha value is -4.44. The summed E-state index contributed by atoms with van der Waals surface area (Å²) in [6.45, 7) is 1.44. The lowest BCUT2D eigenvalue weighted by molar-refractivity contribution is -0.119. The van der Waals surface area contributed by atoms with Gasteiger partial charge in [0.15, 0.2) is 5.78 Å². The van der Waals surface area contributed by atoms with Crippen molar-refractivity contribution in [3.63, 3.8) is 0 Å². The fraction of sp³-hybridized carbons (Fsp3) is 0.192. The highest BCUT2D eigenvalue weighted by Gasteiger charge is 2.16. The molecule has 190 valence electrons. The Balaban J connectivity index is 1.62. The fourth-order valence-electron chi connectivity index (χ4n) is 3.38. The number of Topliss-reactive ketones (excluding diaryl/α,β-unsaturated/α-hetero) is 1. The Bertz CT molecular complexity index is 1500. The van der Waals surface area contributed by atoms with Gasteiger partial charge in [-0.25, -0.2) is 19.1 Å². The van der Waals surface area contributed by atoms with E-state index >= 15 is 0 Å². The van der Waals surface area contributed by atoms with Crippen LogP contribution in [0.15, 0.2) is 76.4 Å². The largest absolute Gasteiger partial charge is 0.481 e. The Morgan fingerprint density at radius 2 is 1.68 bits per heavy atom. The number of hydrogen-bond acceptors (Lipinski definition) is 8. The van der Waals surface area contributed by atoms with Crippen molar-refractivity contribution in [3.05, 3.63) is 98.4 Å². The Kier molecular flexibility index (Phi) is 7.99. The van der Waals surface area contributed by atoms with E-state index in [2.05, 4.69) is 15.3 Å². The highest BCUT2D eigenvalue weighted by molar-refractivity contribution is 6.30. The average molecular weight is 522 g/mol. The molecule has 0 saturated carbocycles. The number of benzene rings is 2. The molecule has 4 aromatic rings. The summed E-state index contributed by atoms with van der Waals surface area (Å²) in [6.07, 6.45) is 1.74. The minimum Gasteiger partial charge on any atom is -0.481 e. The summed E-state index contributed by atoms with van der Waals surface area (Å²) < 4.78 is 13.0. The number of carbonyl (C=O) groups is 1. The van der Waals surface area contributed by atoms with Crippen LogP contribution >= 0.6 is 11.6 Å². The third kappa shape index (κ3) is 6.42. The summed E-state index contributed by atoms with van der Waals surface area (Å²) in [5.74, 6) is 1.35. The van der Waals surface area contributed by atoms with E-state index in [4.69, 9.17) is 21.1 Å². The van der Waals surface area contributed by atoms with Gasteiger partial charge in [-0.05, 0) is 48.0 Å². The van der Waals surface area contributed by atoms with Gasteiger partial charge in [-0.3, -0.25) is 9.36 Å². The maximum Gasteiger partial charge on any atom is 0.355 e. The number of ketones is 1. The number of carbonyl (C=O) groups excluding carboxylic acids is 1. The van der Waals surface area contributed by atoms with Crippen molar-refractivity contribution in [2.45, 2.75) is 26.4 Å². The van der Waals surface area contributed by atoms with Gasteiger partial charge in [-0.2, -0.15) is 4.98 Å². The number of methoxy groups -OCH3 is 1. The monoisotopic (exact) mass is 521 g/mol. The van der Waals surface area contributed by atoms with Gasteiger partial charge in [-0.15, -0.1) is 0 Å². The molecule has 2 heterocycles. The second kappa shape index (κ2) is 11.5. The highest BCUT2D eigenvalue weighted by atomic mass is 35.5. The second-order valence-corrected chi connectivity index (χ2v) is 8.42. The molecule has 0 aliphatic heterocycles. The molecule has 0 atom stereocenters. The molecule has 0 saturated heterocycles. The number of nitrogens with one attached hydrogen (secondary N) is 1. The van der Waals surface area contributed by atoms with Gasteiger partial charge >= 0.3 is 11.4 Å². The van der Waals surface area contributed by atoms with Gasteiger partial charge in [0.05, 0.1) is 26.4 Å². The van der Waals surface area contributed by atoms with Crippen LogP contribution in [0.2, 0.25) is 5.02 Å². The molecule has 0 spiro atoms. The molecule has 0 amide bonds. The van der Waals surface area contributed by atoms with Gasteiger partial charge < -0.3 is 14.8 Å². The zero-order chi connectivity index (χ0) is 26.4. The first-order chi connectivity index (χ1) is 17.9. The molecule has 37 heavy (non-hydrogen) atoms. The van der Waals surface area contributed by atoms with Crippen LogP contribution in [0.5, 0.6) is 17.4 Å². The summed E-state index contributed by atoms with van der Waals surface area (Å²) >= 11 is 5.99. The fourth-order valence-corrected chi connectivity index (χ4v) is 3.51. The Labute approximate surface area is 217 Å². The van der Waals surface area contributed by atoms with Crippen molar-refractivity contribution >= 4 is 29.0 Å². The molecule has 0 unspecified atom stereocenters. The van der Waals surface area contributed by atoms with E-state index in [9.17, 15) is 14.4 Å². The van der Waals surface area contributed by atoms with E-state index in [1.807, 2.05) is 0 Å². The minimum absolute atomic E-state index is 0.0400. The third-order valence-electron chi connectivity index (χ3n) is 5.40. The summed E-state index contributed by atoms with van der Waals surface area (Å²) in [7, 11) is 1.53. The molecule has 0 fully saturated rings. The molecular weight excluding hydrogens is 498 g/mol. The lowest BCUT2D eigenvalue weighted by atomic mass is 10.2. The first kappa shape index (κ1) is 25.6. The molecule has 11 heteroatoms. The number of ether oxygens (including phenoxy) is 2. The maximum atomic E-state index is 13.3. The van der Waals surface area contributed by atoms with Crippen LogP contribution in [0.1, 0.15) is 18.9 Å². The maximum absolute atomic E-state index is 13.3. The molecule has 10 nitrogen and oxygen atoms in total. The van der Waals surface area contributed by atoms with Crippen LogP contribution in [-0.4, -0.2) is 32.0 Å². The summed E-state index contributed by atoms with van der Waals surface area (Å²) in [6, 6.07) is 17.2. The Morgan fingerprint density at radius 1 is 0.973 bits per heavy atom. The van der Waals surface area contributed by atoms with Crippen LogP contribution in [0, 0.1) is 0 Å². The number of hydrogen-bond donors (Lipinski definition) is 1. The van der Waals surface area contributed by atoms with Gasteiger partial charge in [0.25, 0.3) is 0 Å². The average Bonchev–Trinajstić information content (AvgIpc) is 2.91. The quantitative estimate of drug-likeness (QED) is 0.332. The van der Waals surface area contributed by atoms with Gasteiger partial charge in [-0.1, -0.05) is 30.7 Å². The van der Waals surface area contributed by atoms with Crippen molar-refractivity contribution in [3.8, 4) is 17.4 Å². The van der Waals surface area contributed by atoms with Gasteiger partial charge in [0.1, 0.15) is 11.5 Å². The second-order valence-electron chi connectivity index (χ2n) is 7.98. The van der Waals surface area contributed by atoms with E-state index < -0.39 is 11.4 Å². The summed E-state index contributed by atoms with van der Waals surface area (Å²) in [5.41, 5.74) is -0.126. The van der Waals surface area contributed by atoms with Crippen molar-refractivity contribution in [2.24, 2.45) is 0 Å². The van der Waals surface area contributed by atoms with Crippen LogP contribution in [0.4, 0.5) is 11.6 Å². The van der Waals surface area contributed by atoms with Crippen molar-refractivity contribution in [1.82, 2.24) is 19.1 Å². The first-order valence-electron chi connectivity index (χ1n) is 11.4. The summed E-state index contributed by atoms with van der Waals surface area (Å²) in [5, 5.41) is 3.58. The van der Waals surface area contributed by atoms with Crippen LogP contribution in [0.25, 0.3) is 0 Å². The first-order valence-corrected chi connectivity index (χ1v) is 11.8. The van der Waals surface area contributed by atoms with E-state index in [0.717, 1.165) is 10.1 Å². The number of aromatic nitrogens is 4. The molecule has 2 aromatic carbocycles. The molecule has 0 aliphatic rings. The predicted molar refractivity (Wildman–Crippen MR) is 139 cm³/mol. The minimum atomic E-state index is -0.811. The van der Waals surface area contributed by atoms with E-state index in [-0.39, 0.29) is 31.2 Å². The Morgan fingerprint density at radius 3 is 2.30 bits per heavy atom. The zero-order valence-electron chi connectivity index (χ0n) is 20.2. The SMILES string of the molecule is CCC(=O)Cn1c(=O)nc(Nc2ccc(Oc3ccc(OC)nc3)cc2)n(Cc2ccc(Cl)cc2)c1=O. The predicted octanol–water partition coefficient (Wildman–Crippen LogP) is 4.03. The topological polar surface area (TPSA) is 117 Å². The highest BCUT2D eigenvalue weighted by Crippen LogP contribution is 2.24. The smallest absolute Gasteiger partial charge is 0.355 e. The van der Waals surface area contributed by atoms with Gasteiger partial charge in [0, 0.05) is 23.2 Å². The van der Waals surface area contributed by atoms with Crippen molar-refractivity contribution in [2.75, 3.05) is 12.4 Å². The number of pyridine rings is 1. The molecular formula is C26H24ClN5O5. The van der Waals surface area contributed by atoms with Crippen LogP contribution in [0.3, 0.4) is 0 Å². The molecule has 0 radical (unpaired) electrons. The van der Waals surface area contributed by atoms with E-state index in [1.165, 1.54) is 11.7 Å².